The molecule has 4 heteroatoms. The average Bonchev–Trinajstić information content (AvgIpc) is 2.89. The fraction of sp³-hybridized carbons (Fsp3) is 0.818. The summed E-state index contributed by atoms with van der Waals surface area (Å²) in [4.78, 5) is 11.9. The second kappa shape index (κ2) is 3.22. The quantitative estimate of drug-likeness (QED) is 0.748. The number of aromatic nitrogens is 3. The smallest absolute Gasteiger partial charge is 0.282 e. The summed E-state index contributed by atoms with van der Waals surface area (Å²) < 4.78 is 3.41. The molecule has 2 saturated carbocycles. The van der Waals surface area contributed by atoms with Crippen LogP contribution in [0.5, 0.6) is 0 Å². The fourth-order valence-corrected chi connectivity index (χ4v) is 2.19. The molecular weight excluding hydrogens is 190 g/mol. The molecule has 1 aromatic heterocycles. The first-order valence-electron chi connectivity index (χ1n) is 5.89. The van der Waals surface area contributed by atoms with Crippen LogP contribution in [0.25, 0.3) is 0 Å². The van der Waals surface area contributed by atoms with Crippen LogP contribution in [0.15, 0.2) is 4.79 Å². The maximum atomic E-state index is 11.9. The highest BCUT2D eigenvalue weighted by Gasteiger charge is 2.28. The molecule has 1 aromatic rings. The van der Waals surface area contributed by atoms with Crippen molar-refractivity contribution in [1.29, 1.82) is 0 Å². The molecule has 0 saturated heterocycles. The van der Waals surface area contributed by atoms with Crippen LogP contribution in [0.3, 0.4) is 0 Å². The van der Waals surface area contributed by atoms with Gasteiger partial charge in [0.15, 0.2) is 0 Å². The lowest BCUT2D eigenvalue weighted by Gasteiger charge is -2.23. The van der Waals surface area contributed by atoms with E-state index in [0.29, 0.717) is 11.8 Å². The van der Waals surface area contributed by atoms with Crippen molar-refractivity contribution in [2.75, 3.05) is 0 Å². The molecule has 0 amide bonds. The van der Waals surface area contributed by atoms with Gasteiger partial charge in [0.25, 0.3) is 0 Å². The third-order valence-electron chi connectivity index (χ3n) is 3.67. The summed E-state index contributed by atoms with van der Waals surface area (Å²) in [7, 11) is 1.85. The Hall–Kier alpha value is -1.06. The van der Waals surface area contributed by atoms with Gasteiger partial charge in [-0.05, 0) is 31.6 Å². The van der Waals surface area contributed by atoms with Crippen molar-refractivity contribution in [2.24, 2.45) is 13.0 Å². The Bertz CT molecular complexity index is 424. The van der Waals surface area contributed by atoms with Crippen molar-refractivity contribution in [3.05, 3.63) is 16.3 Å². The molecule has 0 radical (unpaired) electrons. The monoisotopic (exact) mass is 207 g/mol. The molecule has 82 valence electrons. The van der Waals surface area contributed by atoms with Crippen LogP contribution in [-0.4, -0.2) is 14.3 Å². The Morgan fingerprint density at radius 2 is 2.07 bits per heavy atom. The Kier molecular flexibility index (Phi) is 1.97. The molecule has 4 nitrogen and oxygen atoms in total. The maximum absolute atomic E-state index is 11.9. The van der Waals surface area contributed by atoms with Gasteiger partial charge in [0.2, 0.25) is 0 Å². The normalized spacial score (nSPS) is 21.7. The summed E-state index contributed by atoms with van der Waals surface area (Å²) in [5.74, 6) is 2.27. The first kappa shape index (κ1) is 9.19. The van der Waals surface area contributed by atoms with Crippen LogP contribution in [0, 0.1) is 5.92 Å². The molecule has 0 spiro atoms. The van der Waals surface area contributed by atoms with E-state index < -0.39 is 0 Å². The van der Waals surface area contributed by atoms with Gasteiger partial charge in [0, 0.05) is 19.5 Å². The van der Waals surface area contributed by atoms with Gasteiger partial charge >= 0.3 is 5.69 Å². The molecule has 0 atom stereocenters. The predicted octanol–water partition coefficient (Wildman–Crippen LogP) is 1.26. The standard InChI is InChI=1S/C11H17N3O/c1-13-10(9-3-2-4-9)12-14(11(13)15)7-8-5-6-8/h8-9H,2-7H2,1H3. The lowest BCUT2D eigenvalue weighted by Crippen LogP contribution is -2.24. The minimum atomic E-state index is 0.0730. The summed E-state index contributed by atoms with van der Waals surface area (Å²) in [6.07, 6.45) is 6.22. The van der Waals surface area contributed by atoms with Crippen molar-refractivity contribution in [1.82, 2.24) is 14.3 Å². The summed E-state index contributed by atoms with van der Waals surface area (Å²) in [6.45, 7) is 0.833. The molecule has 0 N–H and O–H groups in total. The maximum Gasteiger partial charge on any atom is 0.345 e. The highest BCUT2D eigenvalue weighted by Crippen LogP contribution is 2.35. The zero-order valence-corrected chi connectivity index (χ0v) is 9.15. The fourth-order valence-electron chi connectivity index (χ4n) is 2.19. The van der Waals surface area contributed by atoms with Gasteiger partial charge < -0.3 is 0 Å². The Labute approximate surface area is 88.9 Å². The lowest BCUT2D eigenvalue weighted by molar-refractivity contribution is 0.388. The van der Waals surface area contributed by atoms with E-state index in [1.807, 2.05) is 7.05 Å². The summed E-state index contributed by atoms with van der Waals surface area (Å²) in [5.41, 5.74) is 0.0730. The van der Waals surface area contributed by atoms with E-state index in [-0.39, 0.29) is 5.69 Å². The van der Waals surface area contributed by atoms with E-state index in [2.05, 4.69) is 5.10 Å². The van der Waals surface area contributed by atoms with Crippen molar-refractivity contribution in [2.45, 2.75) is 44.6 Å². The third kappa shape index (κ3) is 1.52. The second-order valence-corrected chi connectivity index (χ2v) is 4.95. The lowest BCUT2D eigenvalue weighted by atomic mass is 9.85. The molecule has 15 heavy (non-hydrogen) atoms. The number of hydrogen-bond acceptors (Lipinski definition) is 2. The summed E-state index contributed by atoms with van der Waals surface area (Å²) in [5, 5.41) is 4.48. The third-order valence-corrected chi connectivity index (χ3v) is 3.67. The number of rotatable bonds is 3. The van der Waals surface area contributed by atoms with Gasteiger partial charge in [-0.1, -0.05) is 6.42 Å². The molecule has 0 aromatic carbocycles. The van der Waals surface area contributed by atoms with E-state index in [0.717, 1.165) is 12.4 Å². The summed E-state index contributed by atoms with van der Waals surface area (Å²) in [6, 6.07) is 0. The zero-order chi connectivity index (χ0) is 10.4. The van der Waals surface area contributed by atoms with Crippen LogP contribution in [0.1, 0.15) is 43.8 Å². The van der Waals surface area contributed by atoms with Crippen molar-refractivity contribution < 1.29 is 0 Å². The number of hydrogen-bond donors (Lipinski definition) is 0. The van der Waals surface area contributed by atoms with Gasteiger partial charge in [0.1, 0.15) is 5.82 Å². The Morgan fingerprint density at radius 1 is 1.33 bits per heavy atom. The van der Waals surface area contributed by atoms with Gasteiger partial charge in [-0.3, -0.25) is 4.57 Å². The topological polar surface area (TPSA) is 39.8 Å². The van der Waals surface area contributed by atoms with Gasteiger partial charge in [-0.2, -0.15) is 5.10 Å². The minimum Gasteiger partial charge on any atom is -0.282 e. The van der Waals surface area contributed by atoms with Gasteiger partial charge in [-0.15, -0.1) is 0 Å². The second-order valence-electron chi connectivity index (χ2n) is 4.95. The highest BCUT2D eigenvalue weighted by molar-refractivity contribution is 5.01. The number of nitrogens with zero attached hydrogens (tertiary/aromatic N) is 3. The van der Waals surface area contributed by atoms with Crippen LogP contribution >= 0.6 is 0 Å². The zero-order valence-electron chi connectivity index (χ0n) is 9.15. The molecule has 1 heterocycles. The van der Waals surface area contributed by atoms with E-state index >= 15 is 0 Å². The van der Waals surface area contributed by atoms with Gasteiger partial charge in [-0.25, -0.2) is 9.48 Å². The molecule has 2 aliphatic carbocycles. The Balaban J connectivity index is 1.90. The molecule has 2 aliphatic rings. The average molecular weight is 207 g/mol. The summed E-state index contributed by atoms with van der Waals surface area (Å²) >= 11 is 0. The first-order chi connectivity index (χ1) is 7.25. The van der Waals surface area contributed by atoms with Gasteiger partial charge in [0.05, 0.1) is 0 Å². The molecule has 0 bridgehead atoms. The van der Waals surface area contributed by atoms with Crippen LogP contribution in [0.4, 0.5) is 0 Å². The Morgan fingerprint density at radius 3 is 2.60 bits per heavy atom. The van der Waals surface area contributed by atoms with E-state index in [1.165, 1.54) is 32.1 Å². The van der Waals surface area contributed by atoms with Crippen molar-refractivity contribution >= 4 is 0 Å². The molecule has 3 rings (SSSR count). The van der Waals surface area contributed by atoms with Crippen LogP contribution < -0.4 is 5.69 Å². The molecule has 0 unspecified atom stereocenters. The molecule has 2 fully saturated rings. The minimum absolute atomic E-state index is 0.0730. The van der Waals surface area contributed by atoms with E-state index in [9.17, 15) is 4.79 Å². The van der Waals surface area contributed by atoms with Crippen LogP contribution in [0.2, 0.25) is 0 Å². The SMILES string of the molecule is Cn1c(C2CCC2)nn(CC2CC2)c1=O. The molecular formula is C11H17N3O. The predicted molar refractivity (Wildman–Crippen MR) is 56.8 cm³/mol. The first-order valence-corrected chi connectivity index (χ1v) is 5.89. The van der Waals surface area contributed by atoms with E-state index in [4.69, 9.17) is 0 Å². The van der Waals surface area contributed by atoms with Crippen LogP contribution in [-0.2, 0) is 13.6 Å². The molecule has 0 aliphatic heterocycles. The largest absolute Gasteiger partial charge is 0.345 e. The van der Waals surface area contributed by atoms with Crippen molar-refractivity contribution in [3.8, 4) is 0 Å². The highest BCUT2D eigenvalue weighted by atomic mass is 16.2. The van der Waals surface area contributed by atoms with Crippen molar-refractivity contribution in [3.63, 3.8) is 0 Å². The van der Waals surface area contributed by atoms with E-state index in [1.54, 1.807) is 9.25 Å².